The third-order valence-corrected chi connectivity index (χ3v) is 3.27. The number of hydrogen-bond donors (Lipinski definition) is 1. The van der Waals surface area contributed by atoms with Gasteiger partial charge in [-0.2, -0.15) is 0 Å². The van der Waals surface area contributed by atoms with Gasteiger partial charge in [0, 0.05) is 19.5 Å². The van der Waals surface area contributed by atoms with Crippen LogP contribution in [-0.4, -0.2) is 30.4 Å². The molecule has 1 rings (SSSR count). The molecule has 3 nitrogen and oxygen atoms in total. The lowest BCUT2D eigenvalue weighted by atomic mass is 9.93. The van der Waals surface area contributed by atoms with Gasteiger partial charge in [0.15, 0.2) is 0 Å². The first-order valence-corrected chi connectivity index (χ1v) is 5.92. The van der Waals surface area contributed by atoms with Gasteiger partial charge in [0.1, 0.15) is 0 Å². The Morgan fingerprint density at radius 2 is 2.13 bits per heavy atom. The zero-order valence-corrected chi connectivity index (χ0v) is 10.3. The van der Waals surface area contributed by atoms with Crippen molar-refractivity contribution >= 4 is 5.91 Å². The van der Waals surface area contributed by atoms with E-state index in [4.69, 9.17) is 5.73 Å². The Hall–Kier alpha value is -0.570. The summed E-state index contributed by atoms with van der Waals surface area (Å²) in [7, 11) is 0. The lowest BCUT2D eigenvalue weighted by molar-refractivity contribution is -0.132. The first-order valence-electron chi connectivity index (χ1n) is 5.92. The number of carbonyl (C=O) groups excluding carboxylic acids is 1. The summed E-state index contributed by atoms with van der Waals surface area (Å²) >= 11 is 0. The number of nitrogens with zero attached hydrogens (tertiary/aromatic N) is 1. The highest BCUT2D eigenvalue weighted by molar-refractivity contribution is 5.76. The van der Waals surface area contributed by atoms with E-state index in [9.17, 15) is 4.79 Å². The monoisotopic (exact) mass is 212 g/mol. The molecular weight excluding hydrogens is 188 g/mol. The minimum absolute atomic E-state index is 0.0449. The molecule has 1 saturated heterocycles. The first-order chi connectivity index (χ1) is 6.94. The van der Waals surface area contributed by atoms with E-state index < -0.39 is 0 Å². The maximum atomic E-state index is 11.8. The number of carbonyl (C=O) groups is 1. The van der Waals surface area contributed by atoms with Crippen LogP contribution in [0.1, 0.15) is 40.0 Å². The minimum Gasteiger partial charge on any atom is -0.342 e. The maximum absolute atomic E-state index is 11.8. The molecule has 3 heteroatoms. The molecule has 0 radical (unpaired) electrons. The SMILES string of the molecule is CC1CCC(=O)N(CC(C)(C)CN)CC1. The van der Waals surface area contributed by atoms with Gasteiger partial charge in [0.05, 0.1) is 0 Å². The van der Waals surface area contributed by atoms with Crippen molar-refractivity contribution < 1.29 is 4.79 Å². The largest absolute Gasteiger partial charge is 0.342 e. The van der Waals surface area contributed by atoms with Gasteiger partial charge in [-0.15, -0.1) is 0 Å². The van der Waals surface area contributed by atoms with Crippen LogP contribution >= 0.6 is 0 Å². The molecule has 0 aliphatic carbocycles. The van der Waals surface area contributed by atoms with Crippen LogP contribution in [0.15, 0.2) is 0 Å². The van der Waals surface area contributed by atoms with Crippen molar-refractivity contribution in [3.8, 4) is 0 Å². The maximum Gasteiger partial charge on any atom is 0.222 e. The summed E-state index contributed by atoms with van der Waals surface area (Å²) < 4.78 is 0. The summed E-state index contributed by atoms with van der Waals surface area (Å²) in [6.45, 7) is 8.80. The Kier molecular flexibility index (Phi) is 4.14. The molecular formula is C12H24N2O. The van der Waals surface area contributed by atoms with Gasteiger partial charge in [-0.25, -0.2) is 0 Å². The minimum atomic E-state index is 0.0449. The van der Waals surface area contributed by atoms with Crippen LogP contribution in [0.3, 0.4) is 0 Å². The van der Waals surface area contributed by atoms with Crippen molar-refractivity contribution in [3.05, 3.63) is 0 Å². The Labute approximate surface area is 93.0 Å². The van der Waals surface area contributed by atoms with E-state index in [1.165, 1.54) is 0 Å². The van der Waals surface area contributed by atoms with E-state index in [0.717, 1.165) is 25.9 Å². The topological polar surface area (TPSA) is 46.3 Å². The van der Waals surface area contributed by atoms with Crippen LogP contribution in [0, 0.1) is 11.3 Å². The number of rotatable bonds is 3. The van der Waals surface area contributed by atoms with Crippen LogP contribution in [0.2, 0.25) is 0 Å². The summed E-state index contributed by atoms with van der Waals surface area (Å²) in [4.78, 5) is 13.8. The second kappa shape index (κ2) is 4.97. The highest BCUT2D eigenvalue weighted by Gasteiger charge is 2.26. The Bertz CT molecular complexity index is 226. The third-order valence-electron chi connectivity index (χ3n) is 3.27. The van der Waals surface area contributed by atoms with E-state index >= 15 is 0 Å². The van der Waals surface area contributed by atoms with Gasteiger partial charge in [0.2, 0.25) is 5.91 Å². The Morgan fingerprint density at radius 3 is 2.73 bits per heavy atom. The summed E-state index contributed by atoms with van der Waals surface area (Å²) in [5, 5.41) is 0. The highest BCUT2D eigenvalue weighted by Crippen LogP contribution is 2.21. The van der Waals surface area contributed by atoms with Gasteiger partial charge < -0.3 is 10.6 Å². The molecule has 1 fully saturated rings. The molecule has 2 N–H and O–H groups in total. The van der Waals surface area contributed by atoms with Gasteiger partial charge in [-0.1, -0.05) is 20.8 Å². The molecule has 1 unspecified atom stereocenters. The van der Waals surface area contributed by atoms with E-state index in [-0.39, 0.29) is 5.41 Å². The fraction of sp³-hybridized carbons (Fsp3) is 0.917. The molecule has 0 aromatic rings. The van der Waals surface area contributed by atoms with Crippen molar-refractivity contribution in [3.63, 3.8) is 0 Å². The van der Waals surface area contributed by atoms with Crippen molar-refractivity contribution in [1.82, 2.24) is 4.90 Å². The molecule has 0 spiro atoms. The van der Waals surface area contributed by atoms with Gasteiger partial charge in [-0.3, -0.25) is 4.79 Å². The fourth-order valence-corrected chi connectivity index (χ4v) is 1.92. The molecule has 1 aliphatic heterocycles. The van der Waals surface area contributed by atoms with Gasteiger partial charge >= 0.3 is 0 Å². The zero-order chi connectivity index (χ0) is 11.5. The number of likely N-dealkylation sites (tertiary alicyclic amines) is 1. The average molecular weight is 212 g/mol. The standard InChI is InChI=1S/C12H24N2O/c1-10-4-5-11(15)14(7-6-10)9-12(2,3)8-13/h10H,4-9,13H2,1-3H3. The zero-order valence-electron chi connectivity index (χ0n) is 10.3. The average Bonchev–Trinajstić information content (AvgIpc) is 2.33. The van der Waals surface area contributed by atoms with Gasteiger partial charge in [-0.05, 0) is 30.7 Å². The van der Waals surface area contributed by atoms with E-state index in [2.05, 4.69) is 20.8 Å². The van der Waals surface area contributed by atoms with Crippen LogP contribution in [0.4, 0.5) is 0 Å². The van der Waals surface area contributed by atoms with Crippen LogP contribution in [0.5, 0.6) is 0 Å². The van der Waals surface area contributed by atoms with Crippen LogP contribution < -0.4 is 5.73 Å². The number of amides is 1. The predicted octanol–water partition coefficient (Wildman–Crippen LogP) is 1.62. The molecule has 88 valence electrons. The summed E-state index contributed by atoms with van der Waals surface area (Å²) in [6, 6.07) is 0. The molecule has 1 heterocycles. The van der Waals surface area contributed by atoms with Crippen molar-refractivity contribution in [2.75, 3.05) is 19.6 Å². The molecule has 0 saturated carbocycles. The quantitative estimate of drug-likeness (QED) is 0.772. The first kappa shape index (κ1) is 12.5. The number of nitrogens with two attached hydrogens (primary N) is 1. The second-order valence-corrected chi connectivity index (χ2v) is 5.62. The molecule has 1 aliphatic rings. The summed E-state index contributed by atoms with van der Waals surface area (Å²) in [5.74, 6) is 0.987. The van der Waals surface area contributed by atoms with Crippen molar-refractivity contribution in [1.29, 1.82) is 0 Å². The van der Waals surface area contributed by atoms with E-state index in [1.54, 1.807) is 0 Å². The summed E-state index contributed by atoms with van der Waals surface area (Å²) in [6.07, 6.45) is 2.88. The molecule has 15 heavy (non-hydrogen) atoms. The molecule has 1 atom stereocenters. The Balaban J connectivity index is 2.56. The summed E-state index contributed by atoms with van der Waals surface area (Å²) in [5.41, 5.74) is 5.74. The normalized spacial score (nSPS) is 24.1. The second-order valence-electron chi connectivity index (χ2n) is 5.62. The highest BCUT2D eigenvalue weighted by atomic mass is 16.2. The van der Waals surface area contributed by atoms with E-state index in [0.29, 0.717) is 24.8 Å². The van der Waals surface area contributed by atoms with Crippen LogP contribution in [-0.2, 0) is 4.79 Å². The van der Waals surface area contributed by atoms with Crippen LogP contribution in [0.25, 0.3) is 0 Å². The number of hydrogen-bond acceptors (Lipinski definition) is 2. The molecule has 0 aromatic carbocycles. The Morgan fingerprint density at radius 1 is 1.47 bits per heavy atom. The lowest BCUT2D eigenvalue weighted by Crippen LogP contribution is -2.41. The molecule has 1 amide bonds. The van der Waals surface area contributed by atoms with Crippen molar-refractivity contribution in [2.24, 2.45) is 17.1 Å². The smallest absolute Gasteiger partial charge is 0.222 e. The molecule has 0 aromatic heterocycles. The van der Waals surface area contributed by atoms with E-state index in [1.807, 2.05) is 4.90 Å². The fourth-order valence-electron chi connectivity index (χ4n) is 1.92. The van der Waals surface area contributed by atoms with Crippen molar-refractivity contribution in [2.45, 2.75) is 40.0 Å². The third kappa shape index (κ3) is 3.82. The lowest BCUT2D eigenvalue weighted by Gasteiger charge is -2.31. The molecule has 0 bridgehead atoms. The predicted molar refractivity (Wildman–Crippen MR) is 62.4 cm³/mol. The van der Waals surface area contributed by atoms with Gasteiger partial charge in [0.25, 0.3) is 0 Å².